The maximum Gasteiger partial charge on any atom is 0.287 e. The number of likely N-dealkylation sites (N-methyl/N-ethyl adjacent to an activating group) is 1. The highest BCUT2D eigenvalue weighted by molar-refractivity contribution is 5.96. The Morgan fingerprint density at radius 2 is 2.10 bits per heavy atom. The van der Waals surface area contributed by atoms with Gasteiger partial charge in [-0.2, -0.15) is 0 Å². The number of H-pyrrole nitrogens is 1. The summed E-state index contributed by atoms with van der Waals surface area (Å²) in [6.07, 6.45) is 1.17. The molecule has 20 heavy (non-hydrogen) atoms. The first-order valence-electron chi connectivity index (χ1n) is 6.13. The molecule has 1 heterocycles. The van der Waals surface area contributed by atoms with Crippen molar-refractivity contribution in [2.75, 3.05) is 20.1 Å². The molecule has 0 saturated carbocycles. The normalized spacial score (nSPS) is 10.8. The van der Waals surface area contributed by atoms with Crippen molar-refractivity contribution >= 4 is 17.4 Å². The highest BCUT2D eigenvalue weighted by Crippen LogP contribution is 2.12. The monoisotopic (exact) mass is 282 g/mol. The van der Waals surface area contributed by atoms with Gasteiger partial charge in [-0.1, -0.05) is 0 Å². The summed E-state index contributed by atoms with van der Waals surface area (Å²) in [6.45, 7) is 3.79. The number of carbonyl (C=O) groups is 2. The lowest BCUT2D eigenvalue weighted by Crippen LogP contribution is -2.40. The van der Waals surface area contributed by atoms with E-state index in [-0.39, 0.29) is 42.2 Å². The van der Waals surface area contributed by atoms with Crippen LogP contribution in [0.5, 0.6) is 0 Å². The number of aromatic amines is 1. The first-order chi connectivity index (χ1) is 9.29. The van der Waals surface area contributed by atoms with Crippen molar-refractivity contribution in [2.45, 2.75) is 19.9 Å². The minimum atomic E-state index is -0.576. The molecule has 8 heteroatoms. The standard InChI is InChI=1S/C12H18N4O4/c1-8(2)14-12(18)7-15(3)6-11(17)10-4-9(5-13-10)16(19)20/h4-5,8,13H,6-7H2,1-3H3,(H,14,18). The number of ketones is 1. The third-order valence-corrected chi connectivity index (χ3v) is 2.46. The Hall–Kier alpha value is -2.22. The number of carbonyl (C=O) groups excluding carboxylic acids is 2. The van der Waals surface area contributed by atoms with E-state index >= 15 is 0 Å². The molecule has 1 aromatic heterocycles. The van der Waals surface area contributed by atoms with E-state index < -0.39 is 4.92 Å². The van der Waals surface area contributed by atoms with Gasteiger partial charge >= 0.3 is 0 Å². The molecule has 2 N–H and O–H groups in total. The van der Waals surface area contributed by atoms with Crippen LogP contribution < -0.4 is 5.32 Å². The number of rotatable bonds is 7. The quantitative estimate of drug-likeness (QED) is 0.431. The van der Waals surface area contributed by atoms with Gasteiger partial charge in [-0.25, -0.2) is 0 Å². The van der Waals surface area contributed by atoms with Gasteiger partial charge in [-0.05, 0) is 20.9 Å². The Morgan fingerprint density at radius 3 is 2.60 bits per heavy atom. The average molecular weight is 282 g/mol. The Bertz CT molecular complexity index is 509. The van der Waals surface area contributed by atoms with Crippen LogP contribution in [0.15, 0.2) is 12.3 Å². The summed E-state index contributed by atoms with van der Waals surface area (Å²) in [5.74, 6) is -0.481. The van der Waals surface area contributed by atoms with Gasteiger partial charge in [0.1, 0.15) is 0 Å². The molecule has 110 valence electrons. The van der Waals surface area contributed by atoms with E-state index in [0.29, 0.717) is 0 Å². The van der Waals surface area contributed by atoms with Gasteiger partial charge in [0.15, 0.2) is 5.78 Å². The first kappa shape index (κ1) is 15.8. The van der Waals surface area contributed by atoms with Crippen LogP contribution in [0.1, 0.15) is 24.3 Å². The Balaban J connectivity index is 2.52. The second-order valence-electron chi connectivity index (χ2n) is 4.85. The molecule has 8 nitrogen and oxygen atoms in total. The number of nitrogens with one attached hydrogen (secondary N) is 2. The molecule has 0 saturated heterocycles. The number of nitro groups is 1. The van der Waals surface area contributed by atoms with Gasteiger partial charge in [0.25, 0.3) is 5.69 Å². The SMILES string of the molecule is CC(C)NC(=O)CN(C)CC(=O)c1cc([N+](=O)[O-])c[nH]1. The van der Waals surface area contributed by atoms with E-state index in [0.717, 1.165) is 0 Å². The molecule has 1 rings (SSSR count). The third kappa shape index (κ3) is 4.81. The molecule has 0 bridgehead atoms. The van der Waals surface area contributed by atoms with Gasteiger partial charge in [-0.15, -0.1) is 0 Å². The van der Waals surface area contributed by atoms with E-state index in [9.17, 15) is 19.7 Å². The topological polar surface area (TPSA) is 108 Å². The molecule has 0 radical (unpaired) electrons. The second kappa shape index (κ2) is 6.80. The molecule has 0 aliphatic rings. The summed E-state index contributed by atoms with van der Waals surface area (Å²) in [5, 5.41) is 13.2. The maximum atomic E-state index is 11.9. The summed E-state index contributed by atoms with van der Waals surface area (Å²) >= 11 is 0. The smallest absolute Gasteiger partial charge is 0.287 e. The van der Waals surface area contributed by atoms with Gasteiger partial charge in [0, 0.05) is 12.1 Å². The highest BCUT2D eigenvalue weighted by atomic mass is 16.6. The van der Waals surface area contributed by atoms with Crippen LogP contribution >= 0.6 is 0 Å². The fourth-order valence-corrected chi connectivity index (χ4v) is 1.65. The number of hydrogen-bond donors (Lipinski definition) is 2. The van der Waals surface area contributed by atoms with E-state index in [2.05, 4.69) is 10.3 Å². The molecule has 0 aromatic carbocycles. The van der Waals surface area contributed by atoms with Crippen molar-refractivity contribution in [1.82, 2.24) is 15.2 Å². The van der Waals surface area contributed by atoms with Crippen molar-refractivity contribution < 1.29 is 14.5 Å². The van der Waals surface area contributed by atoms with Gasteiger partial charge < -0.3 is 10.3 Å². The second-order valence-corrected chi connectivity index (χ2v) is 4.85. The number of aromatic nitrogens is 1. The van der Waals surface area contributed by atoms with Gasteiger partial charge in [-0.3, -0.25) is 24.6 Å². The molecular formula is C12H18N4O4. The van der Waals surface area contributed by atoms with E-state index in [1.165, 1.54) is 12.3 Å². The molecule has 0 fully saturated rings. The zero-order chi connectivity index (χ0) is 15.3. The fourth-order valence-electron chi connectivity index (χ4n) is 1.65. The van der Waals surface area contributed by atoms with Crippen LogP contribution in [0.4, 0.5) is 5.69 Å². The highest BCUT2D eigenvalue weighted by Gasteiger charge is 2.17. The molecule has 1 amide bonds. The Kier molecular flexibility index (Phi) is 5.39. The van der Waals surface area contributed by atoms with Crippen LogP contribution in [-0.4, -0.2) is 52.7 Å². The number of amides is 1. The molecular weight excluding hydrogens is 264 g/mol. The van der Waals surface area contributed by atoms with E-state index in [1.54, 1.807) is 11.9 Å². The van der Waals surface area contributed by atoms with Crippen molar-refractivity contribution in [2.24, 2.45) is 0 Å². The van der Waals surface area contributed by atoms with Crippen LogP contribution in [0.2, 0.25) is 0 Å². The predicted octanol–water partition coefficient (Wildman–Crippen LogP) is 0.562. The van der Waals surface area contributed by atoms with Gasteiger partial charge in [0.05, 0.1) is 29.9 Å². The molecule has 0 spiro atoms. The predicted molar refractivity (Wildman–Crippen MR) is 72.6 cm³/mol. The molecule has 0 unspecified atom stereocenters. The van der Waals surface area contributed by atoms with Gasteiger partial charge in [0.2, 0.25) is 5.91 Å². The average Bonchev–Trinajstić information content (AvgIpc) is 2.76. The number of hydrogen-bond acceptors (Lipinski definition) is 5. The third-order valence-electron chi connectivity index (χ3n) is 2.46. The summed E-state index contributed by atoms with van der Waals surface area (Å²) < 4.78 is 0. The Labute approximate surface area is 116 Å². The van der Waals surface area contributed by atoms with Crippen LogP contribution in [0.25, 0.3) is 0 Å². The van der Waals surface area contributed by atoms with Crippen molar-refractivity contribution in [3.63, 3.8) is 0 Å². The first-order valence-corrected chi connectivity index (χ1v) is 6.13. The molecule has 0 atom stereocenters. The molecule has 0 aliphatic heterocycles. The van der Waals surface area contributed by atoms with Crippen molar-refractivity contribution in [3.05, 3.63) is 28.1 Å². The maximum absolute atomic E-state index is 11.9. The zero-order valence-corrected chi connectivity index (χ0v) is 11.7. The van der Waals surface area contributed by atoms with E-state index in [4.69, 9.17) is 0 Å². The lowest BCUT2D eigenvalue weighted by atomic mass is 10.2. The zero-order valence-electron chi connectivity index (χ0n) is 11.7. The van der Waals surface area contributed by atoms with E-state index in [1.807, 2.05) is 13.8 Å². The molecule has 1 aromatic rings. The minimum absolute atomic E-state index is 0.00316. The van der Waals surface area contributed by atoms with Crippen molar-refractivity contribution in [1.29, 1.82) is 0 Å². The van der Waals surface area contributed by atoms with Crippen LogP contribution in [-0.2, 0) is 4.79 Å². The minimum Gasteiger partial charge on any atom is -0.353 e. The van der Waals surface area contributed by atoms with Crippen LogP contribution in [0, 0.1) is 10.1 Å². The summed E-state index contributed by atoms with van der Waals surface area (Å²) in [4.78, 5) is 37.4. The number of nitrogens with zero attached hydrogens (tertiary/aromatic N) is 2. The number of Topliss-reactive ketones (excluding diaryl/α,β-unsaturated/α-hetero) is 1. The Morgan fingerprint density at radius 1 is 1.45 bits per heavy atom. The largest absolute Gasteiger partial charge is 0.353 e. The summed E-state index contributed by atoms with van der Waals surface area (Å²) in [5.41, 5.74) is 0.00127. The summed E-state index contributed by atoms with van der Waals surface area (Å²) in [6, 6.07) is 1.22. The van der Waals surface area contributed by atoms with Crippen molar-refractivity contribution in [3.8, 4) is 0 Å². The van der Waals surface area contributed by atoms with Crippen LogP contribution in [0.3, 0.4) is 0 Å². The fraction of sp³-hybridized carbons (Fsp3) is 0.500. The lowest BCUT2D eigenvalue weighted by Gasteiger charge is -2.16. The molecule has 0 aliphatic carbocycles. The summed E-state index contributed by atoms with van der Waals surface area (Å²) in [7, 11) is 1.63. The lowest BCUT2D eigenvalue weighted by molar-refractivity contribution is -0.384.